The van der Waals surface area contributed by atoms with E-state index >= 15 is 0 Å². The van der Waals surface area contributed by atoms with E-state index in [9.17, 15) is 0 Å². The van der Waals surface area contributed by atoms with Gasteiger partial charge in [-0.15, -0.1) is 0 Å². The van der Waals surface area contributed by atoms with Crippen LogP contribution in [0.2, 0.25) is 0 Å². The van der Waals surface area contributed by atoms with Crippen molar-refractivity contribution < 1.29 is 4.74 Å². The number of aromatic nitrogens is 4. The summed E-state index contributed by atoms with van der Waals surface area (Å²) in [5.74, 6) is 1.10. The predicted molar refractivity (Wildman–Crippen MR) is 76.5 cm³/mol. The third kappa shape index (κ3) is 3.08. The molecule has 6 heteroatoms. The molecule has 2 N–H and O–H groups in total. The van der Waals surface area contributed by atoms with Crippen molar-refractivity contribution in [1.82, 2.24) is 19.9 Å². The Balaban J connectivity index is 2.38. The predicted octanol–water partition coefficient (Wildman–Crippen LogP) is 1.45. The highest BCUT2D eigenvalue weighted by atomic mass is 16.5. The molecule has 0 radical (unpaired) electrons. The molecule has 2 aromatic heterocycles. The summed E-state index contributed by atoms with van der Waals surface area (Å²) >= 11 is 0. The molecule has 0 aliphatic rings. The maximum atomic E-state index is 5.56. The molecule has 2 heterocycles. The third-order valence-corrected chi connectivity index (χ3v) is 3.13. The molecule has 2 rings (SSSR count). The first kappa shape index (κ1) is 14.3. The zero-order valence-corrected chi connectivity index (χ0v) is 12.1. The van der Waals surface area contributed by atoms with Gasteiger partial charge in [-0.25, -0.2) is 19.9 Å². The lowest BCUT2D eigenvalue weighted by Crippen LogP contribution is -2.07. The minimum atomic E-state index is 0.501. The topological polar surface area (TPSA) is 86.8 Å². The van der Waals surface area contributed by atoms with Gasteiger partial charge in [0, 0.05) is 17.5 Å². The Labute approximate surface area is 118 Å². The first-order chi connectivity index (χ1) is 9.65. The minimum absolute atomic E-state index is 0.501. The van der Waals surface area contributed by atoms with Gasteiger partial charge >= 0.3 is 0 Å². The second kappa shape index (κ2) is 6.38. The Morgan fingerprint density at radius 2 is 1.85 bits per heavy atom. The van der Waals surface area contributed by atoms with Gasteiger partial charge in [0.2, 0.25) is 5.88 Å². The molecule has 6 nitrogen and oxygen atoms in total. The normalized spacial score (nSPS) is 10.6. The van der Waals surface area contributed by atoms with Crippen LogP contribution in [0, 0.1) is 13.8 Å². The van der Waals surface area contributed by atoms with E-state index in [1.807, 2.05) is 13.8 Å². The van der Waals surface area contributed by atoms with Crippen LogP contribution in [-0.4, -0.2) is 33.6 Å². The van der Waals surface area contributed by atoms with Crippen LogP contribution in [0.1, 0.15) is 23.4 Å². The molecule has 0 aromatic carbocycles. The highest BCUT2D eigenvalue weighted by Crippen LogP contribution is 2.20. The summed E-state index contributed by atoms with van der Waals surface area (Å²) < 4.78 is 5.09. The number of ether oxygens (including phenoxy) is 1. The second-order valence-electron chi connectivity index (χ2n) is 4.53. The lowest BCUT2D eigenvalue weighted by molar-refractivity contribution is 0.397. The van der Waals surface area contributed by atoms with Gasteiger partial charge in [0.1, 0.15) is 12.0 Å². The van der Waals surface area contributed by atoms with Crippen LogP contribution in [0.4, 0.5) is 0 Å². The Kier molecular flexibility index (Phi) is 4.57. The molecular formula is C14H19N5O. The SMILES string of the molecule is COc1cc(-c2nc(C)c(CCCN)c(C)n2)ncn1. The van der Waals surface area contributed by atoms with E-state index in [-0.39, 0.29) is 0 Å². The van der Waals surface area contributed by atoms with Gasteiger partial charge in [-0.05, 0) is 38.8 Å². The summed E-state index contributed by atoms with van der Waals surface area (Å²) in [6.07, 6.45) is 3.29. The van der Waals surface area contributed by atoms with Gasteiger partial charge in [0.15, 0.2) is 5.82 Å². The van der Waals surface area contributed by atoms with Crippen molar-refractivity contribution in [3.05, 3.63) is 29.3 Å². The maximum Gasteiger partial charge on any atom is 0.216 e. The van der Waals surface area contributed by atoms with Crippen molar-refractivity contribution >= 4 is 0 Å². The van der Waals surface area contributed by atoms with Crippen LogP contribution < -0.4 is 10.5 Å². The Bertz CT molecular complexity index is 577. The number of hydrogen-bond acceptors (Lipinski definition) is 6. The van der Waals surface area contributed by atoms with E-state index in [0.717, 1.165) is 24.2 Å². The highest BCUT2D eigenvalue weighted by Gasteiger charge is 2.11. The number of nitrogens with two attached hydrogens (primary N) is 1. The molecule has 0 aliphatic carbocycles. The fourth-order valence-corrected chi connectivity index (χ4v) is 2.07. The van der Waals surface area contributed by atoms with Gasteiger partial charge in [0.25, 0.3) is 0 Å². The quantitative estimate of drug-likeness (QED) is 0.887. The van der Waals surface area contributed by atoms with Crippen LogP contribution in [0.3, 0.4) is 0 Å². The number of aryl methyl sites for hydroxylation is 2. The van der Waals surface area contributed by atoms with Gasteiger partial charge in [-0.2, -0.15) is 0 Å². The first-order valence-corrected chi connectivity index (χ1v) is 6.56. The van der Waals surface area contributed by atoms with E-state index in [2.05, 4.69) is 19.9 Å². The number of nitrogens with zero attached hydrogens (tertiary/aromatic N) is 4. The van der Waals surface area contributed by atoms with E-state index in [1.165, 1.54) is 11.9 Å². The number of hydrogen-bond donors (Lipinski definition) is 1. The molecule has 0 atom stereocenters. The van der Waals surface area contributed by atoms with Crippen molar-refractivity contribution in [3.63, 3.8) is 0 Å². The molecule has 106 valence electrons. The van der Waals surface area contributed by atoms with Crippen molar-refractivity contribution in [3.8, 4) is 17.4 Å². The summed E-state index contributed by atoms with van der Waals surface area (Å²) in [5, 5.41) is 0. The lowest BCUT2D eigenvalue weighted by Gasteiger charge is -2.10. The van der Waals surface area contributed by atoms with Crippen molar-refractivity contribution in [2.24, 2.45) is 5.73 Å². The fourth-order valence-electron chi connectivity index (χ4n) is 2.07. The molecule has 0 saturated heterocycles. The summed E-state index contributed by atoms with van der Waals surface area (Å²) in [6.45, 7) is 4.65. The van der Waals surface area contributed by atoms with E-state index in [0.29, 0.717) is 23.9 Å². The summed E-state index contributed by atoms with van der Waals surface area (Å²) in [4.78, 5) is 17.2. The van der Waals surface area contributed by atoms with Crippen molar-refractivity contribution in [2.75, 3.05) is 13.7 Å². The van der Waals surface area contributed by atoms with Crippen LogP contribution in [0.25, 0.3) is 11.5 Å². The summed E-state index contributed by atoms with van der Waals surface area (Å²) in [7, 11) is 1.57. The fraction of sp³-hybridized carbons (Fsp3) is 0.429. The molecule has 0 saturated carbocycles. The number of rotatable bonds is 5. The van der Waals surface area contributed by atoms with Crippen LogP contribution in [0.15, 0.2) is 12.4 Å². The van der Waals surface area contributed by atoms with Crippen molar-refractivity contribution in [1.29, 1.82) is 0 Å². The summed E-state index contributed by atoms with van der Waals surface area (Å²) in [5.41, 5.74) is 9.33. The molecule has 20 heavy (non-hydrogen) atoms. The molecule has 0 aliphatic heterocycles. The van der Waals surface area contributed by atoms with Gasteiger partial charge in [0.05, 0.1) is 7.11 Å². The number of methoxy groups -OCH3 is 1. The molecule has 2 aromatic rings. The Morgan fingerprint density at radius 1 is 1.15 bits per heavy atom. The molecular weight excluding hydrogens is 254 g/mol. The molecule has 0 bridgehead atoms. The lowest BCUT2D eigenvalue weighted by atomic mass is 10.1. The largest absolute Gasteiger partial charge is 0.481 e. The maximum absolute atomic E-state index is 5.56. The third-order valence-electron chi connectivity index (χ3n) is 3.13. The second-order valence-corrected chi connectivity index (χ2v) is 4.53. The standard InChI is InChI=1S/C14H19N5O/c1-9-11(5-4-6-15)10(2)19-14(18-9)12-7-13(20-3)17-8-16-12/h7-8H,4-6,15H2,1-3H3. The molecule has 0 fully saturated rings. The molecule has 0 unspecified atom stereocenters. The van der Waals surface area contributed by atoms with E-state index in [4.69, 9.17) is 10.5 Å². The Morgan fingerprint density at radius 3 is 2.45 bits per heavy atom. The van der Waals surface area contributed by atoms with Crippen LogP contribution in [0.5, 0.6) is 5.88 Å². The smallest absolute Gasteiger partial charge is 0.216 e. The van der Waals surface area contributed by atoms with Crippen LogP contribution >= 0.6 is 0 Å². The highest BCUT2D eigenvalue weighted by molar-refractivity contribution is 5.51. The minimum Gasteiger partial charge on any atom is -0.481 e. The average molecular weight is 273 g/mol. The van der Waals surface area contributed by atoms with Crippen LogP contribution in [-0.2, 0) is 6.42 Å². The monoisotopic (exact) mass is 273 g/mol. The first-order valence-electron chi connectivity index (χ1n) is 6.56. The van der Waals surface area contributed by atoms with Gasteiger partial charge < -0.3 is 10.5 Å². The average Bonchev–Trinajstić information content (AvgIpc) is 2.46. The van der Waals surface area contributed by atoms with Gasteiger partial charge in [-0.3, -0.25) is 0 Å². The zero-order chi connectivity index (χ0) is 14.5. The van der Waals surface area contributed by atoms with Gasteiger partial charge in [-0.1, -0.05) is 0 Å². The Hall–Kier alpha value is -2.08. The van der Waals surface area contributed by atoms with Crippen molar-refractivity contribution in [2.45, 2.75) is 26.7 Å². The van der Waals surface area contributed by atoms with E-state index < -0.39 is 0 Å². The summed E-state index contributed by atoms with van der Waals surface area (Å²) in [6, 6.07) is 1.73. The molecule has 0 spiro atoms. The van der Waals surface area contributed by atoms with E-state index in [1.54, 1.807) is 13.2 Å². The zero-order valence-electron chi connectivity index (χ0n) is 12.1. The molecule has 0 amide bonds.